The van der Waals surface area contributed by atoms with Crippen LogP contribution < -0.4 is 9.64 Å². The first kappa shape index (κ1) is 23.3. The van der Waals surface area contributed by atoms with E-state index in [1.807, 2.05) is 94.4 Å². The van der Waals surface area contributed by atoms with Crippen molar-refractivity contribution in [1.82, 2.24) is 0 Å². The number of carbonyl (C=O) groups is 2. The van der Waals surface area contributed by atoms with Crippen LogP contribution in [-0.2, 0) is 9.59 Å². The smallest absolute Gasteiger partial charge is 0.300 e. The van der Waals surface area contributed by atoms with Crippen LogP contribution in [0, 0.1) is 6.92 Å². The lowest BCUT2D eigenvalue weighted by Gasteiger charge is -2.25. The number of carbonyl (C=O) groups excluding carboxylic acids is 2. The fourth-order valence-corrected chi connectivity index (χ4v) is 4.42. The van der Waals surface area contributed by atoms with Crippen molar-refractivity contribution < 1.29 is 19.4 Å². The second-order valence-corrected chi connectivity index (χ2v) is 8.76. The average Bonchev–Trinajstić information content (AvgIpc) is 3.10. The number of nitrogens with zero attached hydrogens (tertiary/aromatic N) is 1. The highest BCUT2D eigenvalue weighted by Crippen LogP contribution is 2.42. The zero-order chi connectivity index (χ0) is 24.4. The molecule has 1 unspecified atom stereocenters. The Labute approximate surface area is 200 Å². The van der Waals surface area contributed by atoms with Gasteiger partial charge in [-0.05, 0) is 66.8 Å². The van der Waals surface area contributed by atoms with Crippen LogP contribution in [0.3, 0.4) is 0 Å². The lowest BCUT2D eigenvalue weighted by atomic mass is 9.93. The number of amides is 1. The molecule has 0 aliphatic carbocycles. The molecule has 1 atom stereocenters. The summed E-state index contributed by atoms with van der Waals surface area (Å²) in [7, 11) is 0. The maximum absolute atomic E-state index is 13.3. The number of aryl methyl sites for hydroxylation is 1. The number of ketones is 1. The van der Waals surface area contributed by atoms with Crippen LogP contribution in [0.25, 0.3) is 5.76 Å². The summed E-state index contributed by atoms with van der Waals surface area (Å²) in [4.78, 5) is 28.1. The third-order valence-electron chi connectivity index (χ3n) is 6.04. The number of hydrogen-bond acceptors (Lipinski definition) is 4. The Morgan fingerprint density at radius 3 is 2.38 bits per heavy atom. The summed E-state index contributed by atoms with van der Waals surface area (Å²) in [5.41, 5.74) is 3.82. The Hall–Kier alpha value is -3.86. The number of aliphatic hydroxyl groups excluding tert-OH is 1. The second kappa shape index (κ2) is 9.56. The number of hydrogen-bond donors (Lipinski definition) is 1. The van der Waals surface area contributed by atoms with Gasteiger partial charge in [0.1, 0.15) is 11.5 Å². The van der Waals surface area contributed by atoms with E-state index in [1.165, 1.54) is 4.90 Å². The first-order valence-electron chi connectivity index (χ1n) is 11.5. The van der Waals surface area contributed by atoms with Gasteiger partial charge in [-0.3, -0.25) is 14.5 Å². The number of benzene rings is 3. The molecule has 4 rings (SSSR count). The van der Waals surface area contributed by atoms with Crippen LogP contribution in [0.15, 0.2) is 78.4 Å². The van der Waals surface area contributed by atoms with E-state index in [9.17, 15) is 14.7 Å². The fraction of sp³-hybridized carbons (Fsp3) is 0.241. The van der Waals surface area contributed by atoms with Gasteiger partial charge in [-0.25, -0.2) is 0 Å². The summed E-state index contributed by atoms with van der Waals surface area (Å²) in [5, 5.41) is 11.4. The molecule has 5 nitrogen and oxygen atoms in total. The van der Waals surface area contributed by atoms with Crippen molar-refractivity contribution >= 4 is 23.1 Å². The van der Waals surface area contributed by atoms with Gasteiger partial charge in [-0.15, -0.1) is 0 Å². The summed E-state index contributed by atoms with van der Waals surface area (Å²) in [5.74, 6) is -0.654. The monoisotopic (exact) mass is 455 g/mol. The minimum Gasteiger partial charge on any atom is -0.507 e. The van der Waals surface area contributed by atoms with Crippen molar-refractivity contribution in [2.24, 2.45) is 0 Å². The van der Waals surface area contributed by atoms with Crippen molar-refractivity contribution in [3.63, 3.8) is 0 Å². The molecule has 0 bridgehead atoms. The van der Waals surface area contributed by atoms with Crippen molar-refractivity contribution in [2.75, 3.05) is 11.5 Å². The molecule has 3 aromatic carbocycles. The molecule has 5 heteroatoms. The first-order chi connectivity index (χ1) is 16.3. The van der Waals surface area contributed by atoms with Gasteiger partial charge in [0.05, 0.1) is 18.2 Å². The van der Waals surface area contributed by atoms with Crippen LogP contribution in [-0.4, -0.2) is 23.4 Å². The Kier molecular flexibility index (Phi) is 6.55. The Bertz CT molecular complexity index is 1260. The van der Waals surface area contributed by atoms with Gasteiger partial charge in [0.15, 0.2) is 0 Å². The van der Waals surface area contributed by atoms with E-state index in [2.05, 4.69) is 0 Å². The quantitative estimate of drug-likeness (QED) is 0.275. The lowest BCUT2D eigenvalue weighted by molar-refractivity contribution is -0.132. The van der Waals surface area contributed by atoms with Gasteiger partial charge in [0, 0.05) is 11.3 Å². The maximum Gasteiger partial charge on any atom is 0.300 e. The molecule has 0 radical (unpaired) electrons. The highest BCUT2D eigenvalue weighted by atomic mass is 16.5. The molecular formula is C29H29NO4. The molecule has 0 saturated carbocycles. The van der Waals surface area contributed by atoms with E-state index in [4.69, 9.17) is 4.74 Å². The second-order valence-electron chi connectivity index (χ2n) is 8.76. The van der Waals surface area contributed by atoms with Gasteiger partial charge in [-0.2, -0.15) is 0 Å². The molecule has 34 heavy (non-hydrogen) atoms. The molecule has 1 aliphatic heterocycles. The first-order valence-corrected chi connectivity index (χ1v) is 11.5. The van der Waals surface area contributed by atoms with E-state index in [1.54, 1.807) is 6.07 Å². The SMILES string of the molecule is CCOc1ccc(/C(O)=C2/C(=O)C(=O)N(c3cccc(C)c3)C2c2ccccc2)cc1C(C)C. The van der Waals surface area contributed by atoms with Crippen LogP contribution in [0.5, 0.6) is 5.75 Å². The van der Waals surface area contributed by atoms with Gasteiger partial charge >= 0.3 is 0 Å². The molecule has 1 fully saturated rings. The number of aliphatic hydroxyl groups is 1. The molecule has 1 saturated heterocycles. The highest BCUT2D eigenvalue weighted by molar-refractivity contribution is 6.51. The maximum atomic E-state index is 13.3. The van der Waals surface area contributed by atoms with E-state index in [-0.39, 0.29) is 17.3 Å². The van der Waals surface area contributed by atoms with Crippen molar-refractivity contribution in [3.8, 4) is 5.75 Å². The minimum absolute atomic E-state index is 0.0802. The van der Waals surface area contributed by atoms with Crippen molar-refractivity contribution in [2.45, 2.75) is 39.7 Å². The van der Waals surface area contributed by atoms with E-state index in [0.717, 1.165) is 22.4 Å². The summed E-state index contributed by atoms with van der Waals surface area (Å²) in [6, 6.07) is 21.4. The third kappa shape index (κ3) is 4.21. The van der Waals surface area contributed by atoms with Crippen molar-refractivity contribution in [1.29, 1.82) is 0 Å². The standard InChI is InChI=1S/C29H29NO4/c1-5-34-24-15-14-21(17-23(24)18(2)3)27(31)25-26(20-11-7-6-8-12-20)30(29(33)28(25)32)22-13-9-10-19(4)16-22/h6-18,26,31H,5H2,1-4H3/b27-25-. The predicted molar refractivity (Wildman–Crippen MR) is 134 cm³/mol. The third-order valence-corrected chi connectivity index (χ3v) is 6.04. The summed E-state index contributed by atoms with van der Waals surface area (Å²) in [6.07, 6.45) is 0. The van der Waals surface area contributed by atoms with E-state index in [0.29, 0.717) is 17.9 Å². The molecule has 174 valence electrons. The molecule has 0 aromatic heterocycles. The largest absolute Gasteiger partial charge is 0.507 e. The highest BCUT2D eigenvalue weighted by Gasteiger charge is 2.47. The molecule has 1 aliphatic rings. The zero-order valence-corrected chi connectivity index (χ0v) is 19.9. The van der Waals surface area contributed by atoms with Crippen LogP contribution in [0.1, 0.15) is 55.0 Å². The number of rotatable bonds is 6. The number of anilines is 1. The van der Waals surface area contributed by atoms with Gasteiger partial charge < -0.3 is 9.84 Å². The summed E-state index contributed by atoms with van der Waals surface area (Å²) >= 11 is 0. The lowest BCUT2D eigenvalue weighted by Crippen LogP contribution is -2.29. The molecule has 1 heterocycles. The zero-order valence-electron chi connectivity index (χ0n) is 19.9. The van der Waals surface area contributed by atoms with Gasteiger partial charge in [-0.1, -0.05) is 56.3 Å². The molecular weight excluding hydrogens is 426 g/mol. The van der Waals surface area contributed by atoms with Crippen molar-refractivity contribution in [3.05, 3.63) is 101 Å². The molecule has 0 spiro atoms. The Morgan fingerprint density at radius 2 is 1.74 bits per heavy atom. The Morgan fingerprint density at radius 1 is 1.00 bits per heavy atom. The minimum atomic E-state index is -0.739. The van der Waals surface area contributed by atoms with E-state index < -0.39 is 17.7 Å². The number of Topliss-reactive ketones (excluding diaryl/α,β-unsaturated/α-hetero) is 1. The van der Waals surface area contributed by atoms with E-state index >= 15 is 0 Å². The molecule has 3 aromatic rings. The average molecular weight is 456 g/mol. The molecule has 1 amide bonds. The number of ether oxygens (including phenoxy) is 1. The van der Waals surface area contributed by atoms with Gasteiger partial charge in [0.2, 0.25) is 0 Å². The van der Waals surface area contributed by atoms with Gasteiger partial charge in [0.25, 0.3) is 11.7 Å². The molecule has 1 N–H and O–H groups in total. The summed E-state index contributed by atoms with van der Waals surface area (Å²) in [6.45, 7) is 8.47. The van der Waals surface area contributed by atoms with Crippen LogP contribution in [0.4, 0.5) is 5.69 Å². The Balaban J connectivity index is 1.92. The fourth-order valence-electron chi connectivity index (χ4n) is 4.42. The summed E-state index contributed by atoms with van der Waals surface area (Å²) < 4.78 is 5.75. The topological polar surface area (TPSA) is 66.8 Å². The van der Waals surface area contributed by atoms with Crippen LogP contribution in [0.2, 0.25) is 0 Å². The van der Waals surface area contributed by atoms with Crippen LogP contribution >= 0.6 is 0 Å². The normalized spacial score (nSPS) is 17.4. The predicted octanol–water partition coefficient (Wildman–Crippen LogP) is 6.14.